The molecule has 1 saturated carbocycles. The lowest BCUT2D eigenvalue weighted by atomic mass is 10.2. The Bertz CT molecular complexity index is 1260. The Morgan fingerprint density at radius 3 is 2.55 bits per heavy atom. The number of benzene rings is 1. The van der Waals surface area contributed by atoms with E-state index in [0.29, 0.717) is 35.6 Å². The van der Waals surface area contributed by atoms with Gasteiger partial charge in [-0.25, -0.2) is 9.97 Å². The molecule has 2 aromatic heterocycles. The lowest BCUT2D eigenvalue weighted by Crippen LogP contribution is -2.39. The summed E-state index contributed by atoms with van der Waals surface area (Å²) in [5, 5.41) is 16.3. The summed E-state index contributed by atoms with van der Waals surface area (Å²) in [6.45, 7) is 2.39. The second kappa shape index (κ2) is 12.0. The maximum atomic E-state index is 12.9. The molecule has 4 rings (SSSR count). The van der Waals surface area contributed by atoms with E-state index < -0.39 is 12.0 Å². The van der Waals surface area contributed by atoms with E-state index in [1.165, 1.54) is 12.4 Å². The molecule has 3 aromatic rings. The standard InChI is InChI=1S/C26H33N7O5/c1-17(16-34)37-20-9-19(26(36)29-22-7-8-32(4)30-22)10-21(11-20)38-24-13-27-23(12-28-24)33(14-18-5-6-18)25(35)15-31(2)3/h7-13,17-18,34H,5-6,14-16H2,1-4H3,(H,29,30,36)/t17-/m0/s1. The minimum absolute atomic E-state index is 0.0451. The van der Waals surface area contributed by atoms with Crippen molar-refractivity contribution in [3.05, 3.63) is 48.4 Å². The molecule has 1 aliphatic rings. The highest BCUT2D eigenvalue weighted by Gasteiger charge is 2.28. The molecule has 38 heavy (non-hydrogen) atoms. The Hall–Kier alpha value is -4.03. The van der Waals surface area contributed by atoms with Crippen molar-refractivity contribution >= 4 is 23.5 Å². The third kappa shape index (κ3) is 7.49. The van der Waals surface area contributed by atoms with Gasteiger partial charge in [-0.1, -0.05) is 0 Å². The number of amides is 2. The number of rotatable bonds is 12. The number of ether oxygens (including phenoxy) is 2. The molecule has 1 aliphatic carbocycles. The molecule has 2 N–H and O–H groups in total. The molecule has 2 heterocycles. The normalized spacial score (nSPS) is 13.7. The average Bonchev–Trinajstić information content (AvgIpc) is 3.61. The van der Waals surface area contributed by atoms with Crippen LogP contribution in [0.2, 0.25) is 0 Å². The lowest BCUT2D eigenvalue weighted by molar-refractivity contribution is -0.119. The molecule has 1 aromatic carbocycles. The number of aryl methyl sites for hydroxylation is 1. The first-order chi connectivity index (χ1) is 18.2. The van der Waals surface area contributed by atoms with Gasteiger partial charge in [-0.05, 0) is 51.9 Å². The number of likely N-dealkylation sites (N-methyl/N-ethyl adjacent to an activating group) is 1. The summed E-state index contributed by atoms with van der Waals surface area (Å²) in [6, 6.07) is 6.37. The van der Waals surface area contributed by atoms with Crippen LogP contribution in [0.1, 0.15) is 30.1 Å². The number of aliphatic hydroxyl groups excluding tert-OH is 1. The highest BCUT2D eigenvalue weighted by Crippen LogP contribution is 2.32. The van der Waals surface area contributed by atoms with Crippen LogP contribution in [0.5, 0.6) is 17.4 Å². The zero-order valence-electron chi connectivity index (χ0n) is 22.0. The average molecular weight is 524 g/mol. The number of aliphatic hydroxyl groups is 1. The van der Waals surface area contributed by atoms with Crippen LogP contribution in [-0.4, -0.2) is 81.5 Å². The molecule has 12 nitrogen and oxygen atoms in total. The predicted molar refractivity (Wildman–Crippen MR) is 141 cm³/mol. The van der Waals surface area contributed by atoms with Gasteiger partial charge in [-0.2, -0.15) is 5.10 Å². The van der Waals surface area contributed by atoms with Gasteiger partial charge in [0, 0.05) is 37.5 Å². The van der Waals surface area contributed by atoms with Crippen molar-refractivity contribution in [3.63, 3.8) is 0 Å². The summed E-state index contributed by atoms with van der Waals surface area (Å²) in [4.78, 5) is 38.0. The minimum atomic E-state index is -0.492. The summed E-state index contributed by atoms with van der Waals surface area (Å²) < 4.78 is 13.2. The number of hydrogen-bond donors (Lipinski definition) is 2. The fourth-order valence-electron chi connectivity index (χ4n) is 3.63. The van der Waals surface area contributed by atoms with Gasteiger partial charge in [0.25, 0.3) is 5.91 Å². The molecule has 0 radical (unpaired) electrons. The number of hydrogen-bond acceptors (Lipinski definition) is 9. The molecule has 0 bridgehead atoms. The van der Waals surface area contributed by atoms with E-state index >= 15 is 0 Å². The summed E-state index contributed by atoms with van der Waals surface area (Å²) in [5.41, 5.74) is 0.266. The van der Waals surface area contributed by atoms with Gasteiger partial charge in [0.2, 0.25) is 11.8 Å². The van der Waals surface area contributed by atoms with Gasteiger partial charge in [0.15, 0.2) is 11.6 Å². The highest BCUT2D eigenvalue weighted by molar-refractivity contribution is 6.04. The van der Waals surface area contributed by atoms with Crippen LogP contribution in [0.15, 0.2) is 42.9 Å². The Balaban J connectivity index is 1.53. The molecular weight excluding hydrogens is 490 g/mol. The van der Waals surface area contributed by atoms with Crippen LogP contribution in [0, 0.1) is 5.92 Å². The Kier molecular flexibility index (Phi) is 8.54. The first-order valence-electron chi connectivity index (χ1n) is 12.4. The van der Waals surface area contributed by atoms with Crippen molar-refractivity contribution in [1.29, 1.82) is 0 Å². The first-order valence-corrected chi connectivity index (χ1v) is 12.4. The lowest BCUT2D eigenvalue weighted by Gasteiger charge is -2.23. The van der Waals surface area contributed by atoms with Crippen LogP contribution >= 0.6 is 0 Å². The number of anilines is 2. The number of carbonyl (C=O) groups is 2. The van der Waals surface area contributed by atoms with E-state index in [9.17, 15) is 14.7 Å². The highest BCUT2D eigenvalue weighted by atomic mass is 16.5. The second-order valence-electron chi connectivity index (χ2n) is 9.63. The summed E-state index contributed by atoms with van der Waals surface area (Å²) in [7, 11) is 5.45. The molecule has 0 unspecified atom stereocenters. The van der Waals surface area contributed by atoms with Crippen molar-refractivity contribution in [2.45, 2.75) is 25.9 Å². The number of nitrogens with one attached hydrogen (secondary N) is 1. The van der Waals surface area contributed by atoms with E-state index in [1.807, 2.05) is 19.0 Å². The Morgan fingerprint density at radius 1 is 1.18 bits per heavy atom. The maximum absolute atomic E-state index is 12.9. The van der Waals surface area contributed by atoms with Crippen molar-refractivity contribution in [2.75, 3.05) is 44.0 Å². The number of nitrogens with zero attached hydrogens (tertiary/aromatic N) is 6. The fourth-order valence-corrected chi connectivity index (χ4v) is 3.63. The Morgan fingerprint density at radius 2 is 1.95 bits per heavy atom. The van der Waals surface area contributed by atoms with Gasteiger partial charge in [0.05, 0.1) is 25.5 Å². The van der Waals surface area contributed by atoms with Crippen molar-refractivity contribution < 1.29 is 24.2 Å². The third-order valence-corrected chi connectivity index (χ3v) is 5.70. The molecule has 1 fully saturated rings. The minimum Gasteiger partial charge on any atom is -0.488 e. The van der Waals surface area contributed by atoms with Gasteiger partial charge < -0.3 is 24.8 Å². The van der Waals surface area contributed by atoms with Crippen LogP contribution in [0.3, 0.4) is 0 Å². The molecular formula is C26H33N7O5. The van der Waals surface area contributed by atoms with E-state index in [1.54, 1.807) is 54.0 Å². The molecule has 12 heteroatoms. The van der Waals surface area contributed by atoms with Crippen LogP contribution in [0.4, 0.5) is 11.6 Å². The topological polar surface area (TPSA) is 135 Å². The second-order valence-corrected chi connectivity index (χ2v) is 9.63. The SMILES string of the molecule is C[C@@H](CO)Oc1cc(Oc2cnc(N(CC3CC3)C(=O)CN(C)C)cn2)cc(C(=O)Nc2ccn(C)n2)c1. The molecule has 1 atom stereocenters. The van der Waals surface area contributed by atoms with E-state index in [0.717, 1.165) is 12.8 Å². The van der Waals surface area contributed by atoms with E-state index in [4.69, 9.17) is 9.47 Å². The molecule has 0 aliphatic heterocycles. The maximum Gasteiger partial charge on any atom is 0.257 e. The van der Waals surface area contributed by atoms with Crippen LogP contribution < -0.4 is 19.7 Å². The zero-order chi connectivity index (χ0) is 27.2. The van der Waals surface area contributed by atoms with Crippen molar-refractivity contribution in [3.8, 4) is 17.4 Å². The molecule has 0 saturated heterocycles. The van der Waals surface area contributed by atoms with E-state index in [-0.39, 0.29) is 30.5 Å². The Labute approximate surface area is 221 Å². The monoisotopic (exact) mass is 523 g/mol. The quantitative estimate of drug-likeness (QED) is 0.367. The largest absolute Gasteiger partial charge is 0.488 e. The van der Waals surface area contributed by atoms with Crippen LogP contribution in [0.25, 0.3) is 0 Å². The molecule has 0 spiro atoms. The summed E-state index contributed by atoms with van der Waals surface area (Å²) >= 11 is 0. The number of carbonyl (C=O) groups excluding carboxylic acids is 2. The van der Waals surface area contributed by atoms with Crippen LogP contribution in [-0.2, 0) is 11.8 Å². The first kappa shape index (κ1) is 27.0. The van der Waals surface area contributed by atoms with Gasteiger partial charge in [-0.15, -0.1) is 0 Å². The molecule has 202 valence electrons. The summed E-state index contributed by atoms with van der Waals surface area (Å²) in [6.07, 6.45) is 6.38. The van der Waals surface area contributed by atoms with E-state index in [2.05, 4.69) is 20.4 Å². The third-order valence-electron chi connectivity index (χ3n) is 5.70. The smallest absolute Gasteiger partial charge is 0.257 e. The van der Waals surface area contributed by atoms with Gasteiger partial charge >= 0.3 is 0 Å². The van der Waals surface area contributed by atoms with Gasteiger partial charge in [-0.3, -0.25) is 19.2 Å². The van der Waals surface area contributed by atoms with Gasteiger partial charge in [0.1, 0.15) is 17.6 Å². The number of aromatic nitrogens is 4. The predicted octanol–water partition coefficient (Wildman–Crippen LogP) is 2.32. The van der Waals surface area contributed by atoms with Crippen molar-refractivity contribution in [2.24, 2.45) is 13.0 Å². The fraction of sp³-hybridized carbons (Fsp3) is 0.423. The molecule has 2 amide bonds. The summed E-state index contributed by atoms with van der Waals surface area (Å²) in [5.74, 6) is 1.70. The van der Waals surface area contributed by atoms with Crippen molar-refractivity contribution in [1.82, 2.24) is 24.6 Å². The zero-order valence-corrected chi connectivity index (χ0v) is 22.0.